The Labute approximate surface area is 107 Å². The predicted molar refractivity (Wildman–Crippen MR) is 64.8 cm³/mol. The van der Waals surface area contributed by atoms with E-state index < -0.39 is 5.97 Å². The molecule has 1 N–H and O–H groups in total. The number of rotatable bonds is 2. The molecule has 5 rings (SSSR count). The first-order valence-corrected chi connectivity index (χ1v) is 6.25. The molecule has 0 atom stereocenters. The minimum absolute atomic E-state index is 0.0299. The number of hydrogen-bond donors (Lipinski definition) is 1. The van der Waals surface area contributed by atoms with Crippen LogP contribution in [0.2, 0.25) is 5.28 Å². The molecule has 92 valence electrons. The van der Waals surface area contributed by atoms with Gasteiger partial charge in [-0.05, 0) is 42.8 Å². The molecule has 2 aromatic heterocycles. The third-order valence-corrected chi connectivity index (χ3v) is 4.39. The molecule has 0 amide bonds. The minimum Gasteiger partial charge on any atom is -0.477 e. The Morgan fingerprint density at radius 2 is 2.22 bits per heavy atom. The van der Waals surface area contributed by atoms with Gasteiger partial charge in [0.15, 0.2) is 0 Å². The summed E-state index contributed by atoms with van der Waals surface area (Å²) in [6.45, 7) is 0. The first-order chi connectivity index (χ1) is 8.59. The van der Waals surface area contributed by atoms with Gasteiger partial charge < -0.3 is 9.67 Å². The van der Waals surface area contributed by atoms with Crippen LogP contribution >= 0.6 is 11.6 Å². The van der Waals surface area contributed by atoms with Gasteiger partial charge in [-0.3, -0.25) is 0 Å². The van der Waals surface area contributed by atoms with Gasteiger partial charge in [0, 0.05) is 17.1 Å². The molecule has 0 aromatic carbocycles. The molecule has 0 spiro atoms. The fraction of sp³-hybridized carbons (Fsp3) is 0.417. The van der Waals surface area contributed by atoms with Crippen molar-refractivity contribution in [2.75, 3.05) is 0 Å². The quantitative estimate of drug-likeness (QED) is 0.844. The molecule has 0 saturated heterocycles. The zero-order valence-corrected chi connectivity index (χ0v) is 10.2. The van der Waals surface area contributed by atoms with Gasteiger partial charge >= 0.3 is 5.97 Å². The standard InChI is InChI=1S/C12H10ClN3O2/c13-11-14-5-7-1-8(10(17)18)16(9(7)15-11)12-2-6(3-12)4-12/h1,5-6H,2-4H2,(H,17,18). The van der Waals surface area contributed by atoms with Crippen molar-refractivity contribution < 1.29 is 9.90 Å². The van der Waals surface area contributed by atoms with Crippen molar-refractivity contribution in [3.8, 4) is 0 Å². The molecule has 3 saturated carbocycles. The zero-order chi connectivity index (χ0) is 12.5. The number of aromatic nitrogens is 3. The Hall–Kier alpha value is -1.62. The molecule has 3 aliphatic carbocycles. The van der Waals surface area contributed by atoms with E-state index in [2.05, 4.69) is 9.97 Å². The van der Waals surface area contributed by atoms with Crippen molar-refractivity contribution >= 4 is 28.6 Å². The van der Waals surface area contributed by atoms with Crippen molar-refractivity contribution in [2.24, 2.45) is 5.92 Å². The average molecular weight is 264 g/mol. The van der Waals surface area contributed by atoms with E-state index in [9.17, 15) is 9.90 Å². The summed E-state index contributed by atoms with van der Waals surface area (Å²) in [4.78, 5) is 19.5. The maximum absolute atomic E-state index is 11.4. The highest BCUT2D eigenvalue weighted by molar-refractivity contribution is 6.28. The molecule has 3 fully saturated rings. The van der Waals surface area contributed by atoms with Crippen LogP contribution in [0, 0.1) is 5.92 Å². The Bertz CT molecular complexity index is 677. The molecule has 0 aliphatic heterocycles. The van der Waals surface area contributed by atoms with E-state index in [1.807, 2.05) is 4.57 Å². The highest BCUT2D eigenvalue weighted by Crippen LogP contribution is 2.63. The van der Waals surface area contributed by atoms with E-state index in [1.54, 1.807) is 12.3 Å². The third kappa shape index (κ3) is 1.10. The first kappa shape index (κ1) is 10.3. The lowest BCUT2D eigenvalue weighted by Crippen LogP contribution is -2.59. The van der Waals surface area contributed by atoms with Crippen molar-refractivity contribution in [3.63, 3.8) is 0 Å². The van der Waals surface area contributed by atoms with E-state index in [-0.39, 0.29) is 10.8 Å². The SMILES string of the molecule is O=C(O)c1cc2cnc(Cl)nc2n1C12CC(C1)C2. The Balaban J connectivity index is 2.04. The summed E-state index contributed by atoms with van der Waals surface area (Å²) in [5.74, 6) is -0.157. The lowest BCUT2D eigenvalue weighted by molar-refractivity contribution is -0.0873. The molecule has 2 heterocycles. The number of hydrogen-bond acceptors (Lipinski definition) is 3. The maximum atomic E-state index is 11.4. The first-order valence-electron chi connectivity index (χ1n) is 5.87. The summed E-state index contributed by atoms with van der Waals surface area (Å²) in [7, 11) is 0. The van der Waals surface area contributed by atoms with E-state index in [4.69, 9.17) is 11.6 Å². The average Bonchev–Trinajstić information content (AvgIpc) is 2.53. The highest BCUT2D eigenvalue weighted by atomic mass is 35.5. The van der Waals surface area contributed by atoms with Gasteiger partial charge in [0.2, 0.25) is 5.28 Å². The number of halogens is 1. The minimum atomic E-state index is -0.922. The lowest BCUT2D eigenvalue weighted by atomic mass is 9.49. The van der Waals surface area contributed by atoms with Crippen LogP contribution in [-0.2, 0) is 5.54 Å². The second kappa shape index (κ2) is 3.03. The molecular formula is C12H10ClN3O2. The monoisotopic (exact) mass is 263 g/mol. The van der Waals surface area contributed by atoms with Crippen molar-refractivity contribution in [3.05, 3.63) is 23.2 Å². The predicted octanol–water partition coefficient (Wildman–Crippen LogP) is 2.29. The maximum Gasteiger partial charge on any atom is 0.352 e. The molecule has 6 heteroatoms. The smallest absolute Gasteiger partial charge is 0.352 e. The van der Waals surface area contributed by atoms with Crippen molar-refractivity contribution in [2.45, 2.75) is 24.8 Å². The van der Waals surface area contributed by atoms with Gasteiger partial charge in [0.05, 0.1) is 0 Å². The van der Waals surface area contributed by atoms with Gasteiger partial charge in [-0.1, -0.05) is 0 Å². The summed E-state index contributed by atoms with van der Waals surface area (Å²) >= 11 is 5.82. The molecule has 0 radical (unpaired) electrons. The fourth-order valence-corrected chi connectivity index (χ4v) is 3.44. The van der Waals surface area contributed by atoms with Gasteiger partial charge in [-0.25, -0.2) is 9.78 Å². The van der Waals surface area contributed by atoms with Crippen LogP contribution in [0.1, 0.15) is 29.8 Å². The van der Waals surface area contributed by atoms with Crippen LogP contribution in [0.5, 0.6) is 0 Å². The normalized spacial score (nSPS) is 28.8. The van der Waals surface area contributed by atoms with Crippen LogP contribution in [0.3, 0.4) is 0 Å². The second-order valence-corrected chi connectivity index (χ2v) is 5.63. The number of carbonyl (C=O) groups is 1. The molecule has 0 unspecified atom stereocenters. The topological polar surface area (TPSA) is 68.0 Å². The number of fused-ring (bicyclic) bond motifs is 1. The van der Waals surface area contributed by atoms with Gasteiger partial charge in [-0.15, -0.1) is 0 Å². The fourth-order valence-electron chi connectivity index (χ4n) is 3.31. The van der Waals surface area contributed by atoms with Crippen molar-refractivity contribution in [1.82, 2.24) is 14.5 Å². The van der Waals surface area contributed by atoms with E-state index >= 15 is 0 Å². The molecule has 18 heavy (non-hydrogen) atoms. The summed E-state index contributed by atoms with van der Waals surface area (Å²) in [5.41, 5.74) is 0.905. The van der Waals surface area contributed by atoms with Crippen LogP contribution in [-0.4, -0.2) is 25.6 Å². The van der Waals surface area contributed by atoms with Crippen LogP contribution < -0.4 is 0 Å². The Kier molecular flexibility index (Phi) is 1.74. The van der Waals surface area contributed by atoms with Gasteiger partial charge in [-0.2, -0.15) is 4.98 Å². The number of aromatic carboxylic acids is 1. The van der Waals surface area contributed by atoms with E-state index in [0.29, 0.717) is 11.3 Å². The van der Waals surface area contributed by atoms with Crippen molar-refractivity contribution in [1.29, 1.82) is 0 Å². The molecule has 5 nitrogen and oxygen atoms in total. The second-order valence-electron chi connectivity index (χ2n) is 5.29. The highest BCUT2D eigenvalue weighted by Gasteiger charge is 2.59. The summed E-state index contributed by atoms with van der Waals surface area (Å²) in [5, 5.41) is 10.2. The zero-order valence-electron chi connectivity index (χ0n) is 9.43. The molecular weight excluding hydrogens is 254 g/mol. The third-order valence-electron chi connectivity index (χ3n) is 4.21. The number of nitrogens with zero attached hydrogens (tertiary/aromatic N) is 3. The van der Waals surface area contributed by atoms with Crippen LogP contribution in [0.15, 0.2) is 12.3 Å². The largest absolute Gasteiger partial charge is 0.477 e. The molecule has 3 aliphatic rings. The van der Waals surface area contributed by atoms with Gasteiger partial charge in [0.25, 0.3) is 0 Å². The van der Waals surface area contributed by atoms with Gasteiger partial charge in [0.1, 0.15) is 11.3 Å². The molecule has 2 aromatic rings. The number of carboxylic acid groups (broad SMARTS) is 1. The summed E-state index contributed by atoms with van der Waals surface area (Å²) < 4.78 is 1.86. The van der Waals surface area contributed by atoms with Crippen LogP contribution in [0.25, 0.3) is 11.0 Å². The molecule has 2 bridgehead atoms. The summed E-state index contributed by atoms with van der Waals surface area (Å²) in [6, 6.07) is 1.63. The van der Waals surface area contributed by atoms with E-state index in [0.717, 1.165) is 30.6 Å². The van der Waals surface area contributed by atoms with Crippen LogP contribution in [0.4, 0.5) is 0 Å². The summed E-state index contributed by atoms with van der Waals surface area (Å²) in [6.07, 6.45) is 4.75. The van der Waals surface area contributed by atoms with E-state index in [1.165, 1.54) is 0 Å². The Morgan fingerprint density at radius 3 is 2.78 bits per heavy atom. The lowest BCUT2D eigenvalue weighted by Gasteiger charge is -2.62. The Morgan fingerprint density at radius 1 is 1.50 bits per heavy atom. The number of carboxylic acids is 1.